The quantitative estimate of drug-likeness (QED) is 0.696. The molecule has 2 N–H and O–H groups in total. The summed E-state index contributed by atoms with van der Waals surface area (Å²) in [6.45, 7) is 0.434. The van der Waals surface area contributed by atoms with Gasteiger partial charge in [0.25, 0.3) is 5.91 Å². The Morgan fingerprint density at radius 2 is 1.97 bits per heavy atom. The summed E-state index contributed by atoms with van der Waals surface area (Å²) in [6, 6.07) is 9.40. The van der Waals surface area contributed by atoms with Crippen molar-refractivity contribution in [2.75, 3.05) is 32.1 Å². The Balaban J connectivity index is 1.75. The van der Waals surface area contributed by atoms with Crippen LogP contribution in [0.1, 0.15) is 23.2 Å². The van der Waals surface area contributed by atoms with Gasteiger partial charge in [-0.1, -0.05) is 17.7 Å². The molecule has 0 unspecified atom stereocenters. The number of nitrogens with one attached hydrogen (secondary N) is 1. The zero-order valence-corrected chi connectivity index (χ0v) is 17.8. The predicted molar refractivity (Wildman–Crippen MR) is 111 cm³/mol. The van der Waals surface area contributed by atoms with E-state index in [1.807, 2.05) is 0 Å². The minimum atomic E-state index is -3.84. The van der Waals surface area contributed by atoms with Crippen LogP contribution >= 0.6 is 11.6 Å². The lowest BCUT2D eigenvalue weighted by Crippen LogP contribution is -2.48. The summed E-state index contributed by atoms with van der Waals surface area (Å²) in [5, 5.41) is 12.8. The minimum absolute atomic E-state index is 0.0236. The van der Waals surface area contributed by atoms with Gasteiger partial charge in [-0.05, 0) is 49.2 Å². The van der Waals surface area contributed by atoms with Crippen molar-refractivity contribution in [2.45, 2.75) is 23.3 Å². The van der Waals surface area contributed by atoms with Crippen LogP contribution in [0, 0.1) is 5.82 Å². The fourth-order valence-corrected chi connectivity index (χ4v) is 4.95. The molecule has 3 rings (SSSR count). The highest BCUT2D eigenvalue weighted by Crippen LogP contribution is 2.27. The summed E-state index contributed by atoms with van der Waals surface area (Å²) in [5.41, 5.74) is -0.628. The molecule has 1 fully saturated rings. The summed E-state index contributed by atoms with van der Waals surface area (Å²) in [4.78, 5) is 12.5. The normalized spacial score (nSPS) is 16.9. The van der Waals surface area contributed by atoms with Gasteiger partial charge in [0.2, 0.25) is 10.0 Å². The van der Waals surface area contributed by atoms with E-state index in [-0.39, 0.29) is 53.7 Å². The summed E-state index contributed by atoms with van der Waals surface area (Å²) >= 11 is 5.72. The molecule has 1 aliphatic rings. The number of methoxy groups -OCH3 is 1. The first-order valence-electron chi connectivity index (χ1n) is 9.23. The van der Waals surface area contributed by atoms with Crippen molar-refractivity contribution < 1.29 is 27.4 Å². The molecule has 1 heterocycles. The number of ether oxygens (including phenoxy) is 1. The molecule has 1 aliphatic heterocycles. The van der Waals surface area contributed by atoms with Crippen LogP contribution in [0.5, 0.6) is 0 Å². The van der Waals surface area contributed by atoms with E-state index >= 15 is 0 Å². The largest absolute Gasteiger partial charge is 0.387 e. The van der Waals surface area contributed by atoms with E-state index < -0.39 is 27.3 Å². The van der Waals surface area contributed by atoms with Crippen LogP contribution in [-0.4, -0.2) is 56.1 Å². The van der Waals surface area contributed by atoms with Gasteiger partial charge in [0.15, 0.2) is 0 Å². The smallest absolute Gasteiger partial charge is 0.255 e. The van der Waals surface area contributed by atoms with E-state index in [0.717, 1.165) is 6.07 Å². The molecule has 0 aliphatic carbocycles. The number of hydrogen-bond acceptors (Lipinski definition) is 5. The molecule has 1 saturated heterocycles. The number of hydrogen-bond donors (Lipinski definition) is 2. The second kappa shape index (κ2) is 8.99. The zero-order valence-electron chi connectivity index (χ0n) is 16.3. The van der Waals surface area contributed by atoms with E-state index in [4.69, 9.17) is 16.3 Å². The molecule has 10 heteroatoms. The second-order valence-corrected chi connectivity index (χ2v) is 9.52. The number of carbonyl (C=O) groups is 1. The number of rotatable bonds is 6. The first kappa shape index (κ1) is 22.6. The molecule has 2 aromatic carbocycles. The monoisotopic (exact) mass is 456 g/mol. The number of anilines is 1. The third-order valence-corrected chi connectivity index (χ3v) is 7.16. The molecule has 7 nitrogen and oxygen atoms in total. The maximum Gasteiger partial charge on any atom is 0.255 e. The van der Waals surface area contributed by atoms with Crippen LogP contribution in [0.4, 0.5) is 10.1 Å². The first-order chi connectivity index (χ1) is 14.1. The Morgan fingerprint density at radius 1 is 1.27 bits per heavy atom. The standard InChI is InChI=1S/C20H22ClFN2O5S/c1-29-13-20(26)7-9-24(10-8-20)30(27,28)16-4-2-3-14(11-16)19(25)23-15-5-6-18(22)17(21)12-15/h2-6,11-12,26H,7-10,13H2,1H3,(H,23,25). The molecular formula is C20H22ClFN2O5S. The van der Waals surface area contributed by atoms with Crippen molar-refractivity contribution in [3.63, 3.8) is 0 Å². The van der Waals surface area contributed by atoms with Crippen LogP contribution in [-0.2, 0) is 14.8 Å². The van der Waals surface area contributed by atoms with E-state index in [1.54, 1.807) is 0 Å². The molecule has 162 valence electrons. The lowest BCUT2D eigenvalue weighted by molar-refractivity contribution is -0.0607. The van der Waals surface area contributed by atoms with Gasteiger partial charge in [0.1, 0.15) is 5.82 Å². The lowest BCUT2D eigenvalue weighted by atomic mass is 9.94. The summed E-state index contributed by atoms with van der Waals surface area (Å²) in [7, 11) is -2.35. The zero-order chi connectivity index (χ0) is 21.9. The van der Waals surface area contributed by atoms with Gasteiger partial charge in [0, 0.05) is 31.5 Å². The maximum absolute atomic E-state index is 13.3. The highest BCUT2D eigenvalue weighted by Gasteiger charge is 2.37. The highest BCUT2D eigenvalue weighted by molar-refractivity contribution is 7.89. The van der Waals surface area contributed by atoms with Gasteiger partial charge in [-0.15, -0.1) is 0 Å². The predicted octanol–water partition coefficient (Wildman–Crippen LogP) is 2.89. The first-order valence-corrected chi connectivity index (χ1v) is 11.0. The SMILES string of the molecule is COCC1(O)CCN(S(=O)(=O)c2cccc(C(=O)Nc3ccc(F)c(Cl)c3)c2)CC1. The van der Waals surface area contributed by atoms with Crippen molar-refractivity contribution in [3.8, 4) is 0 Å². The number of nitrogens with zero attached hydrogens (tertiary/aromatic N) is 1. The molecule has 2 aromatic rings. The number of piperidine rings is 1. The number of sulfonamides is 1. The fraction of sp³-hybridized carbons (Fsp3) is 0.350. The van der Waals surface area contributed by atoms with Gasteiger partial charge < -0.3 is 15.2 Å². The lowest BCUT2D eigenvalue weighted by Gasteiger charge is -2.37. The van der Waals surface area contributed by atoms with Crippen molar-refractivity contribution in [1.29, 1.82) is 0 Å². The Kier molecular flexibility index (Phi) is 6.78. The fourth-order valence-electron chi connectivity index (χ4n) is 3.28. The van der Waals surface area contributed by atoms with E-state index in [2.05, 4.69) is 5.32 Å². The average molecular weight is 457 g/mol. The number of aliphatic hydroxyl groups is 1. The molecule has 0 bridgehead atoms. The molecule has 30 heavy (non-hydrogen) atoms. The average Bonchev–Trinajstić information content (AvgIpc) is 2.71. The summed E-state index contributed by atoms with van der Waals surface area (Å²) < 4.78 is 45.5. The van der Waals surface area contributed by atoms with Crippen LogP contribution in [0.25, 0.3) is 0 Å². The van der Waals surface area contributed by atoms with Crippen LogP contribution in [0.3, 0.4) is 0 Å². The van der Waals surface area contributed by atoms with Gasteiger partial charge in [-0.25, -0.2) is 12.8 Å². The Bertz CT molecular complexity index is 1040. The Morgan fingerprint density at radius 3 is 2.60 bits per heavy atom. The molecule has 1 amide bonds. The number of benzene rings is 2. The number of halogens is 2. The van der Waals surface area contributed by atoms with Crippen molar-refractivity contribution in [2.24, 2.45) is 0 Å². The molecule has 0 saturated carbocycles. The summed E-state index contributed by atoms with van der Waals surface area (Å²) in [5.74, 6) is -1.16. The Labute approximate surface area is 179 Å². The summed E-state index contributed by atoms with van der Waals surface area (Å²) in [6.07, 6.45) is 0.511. The van der Waals surface area contributed by atoms with Crippen LogP contribution in [0.2, 0.25) is 5.02 Å². The maximum atomic E-state index is 13.3. The van der Waals surface area contributed by atoms with Gasteiger partial charge >= 0.3 is 0 Å². The van der Waals surface area contributed by atoms with Crippen molar-refractivity contribution in [3.05, 3.63) is 58.9 Å². The van der Waals surface area contributed by atoms with E-state index in [0.29, 0.717) is 0 Å². The van der Waals surface area contributed by atoms with Crippen LogP contribution < -0.4 is 5.32 Å². The van der Waals surface area contributed by atoms with Crippen LogP contribution in [0.15, 0.2) is 47.4 Å². The topological polar surface area (TPSA) is 95.9 Å². The highest BCUT2D eigenvalue weighted by atomic mass is 35.5. The minimum Gasteiger partial charge on any atom is -0.387 e. The third kappa shape index (κ3) is 4.98. The molecule has 0 radical (unpaired) electrons. The number of carbonyl (C=O) groups excluding carboxylic acids is 1. The van der Waals surface area contributed by atoms with E-state index in [1.165, 1.54) is 47.8 Å². The third-order valence-electron chi connectivity index (χ3n) is 4.98. The molecular weight excluding hydrogens is 435 g/mol. The molecule has 0 atom stereocenters. The van der Waals surface area contributed by atoms with E-state index in [9.17, 15) is 22.7 Å². The van der Waals surface area contributed by atoms with Crippen molar-refractivity contribution in [1.82, 2.24) is 4.31 Å². The number of amides is 1. The second-order valence-electron chi connectivity index (χ2n) is 7.17. The van der Waals surface area contributed by atoms with Crippen molar-refractivity contribution >= 4 is 33.2 Å². The van der Waals surface area contributed by atoms with Gasteiger partial charge in [0.05, 0.1) is 22.1 Å². The molecule has 0 spiro atoms. The van der Waals surface area contributed by atoms with Gasteiger partial charge in [-0.2, -0.15) is 4.31 Å². The molecule has 0 aromatic heterocycles. The Hall–Kier alpha value is -2.04. The van der Waals surface area contributed by atoms with Gasteiger partial charge in [-0.3, -0.25) is 4.79 Å².